The first kappa shape index (κ1) is 24.2. The summed E-state index contributed by atoms with van der Waals surface area (Å²) in [4.78, 5) is 32.0. The van der Waals surface area contributed by atoms with Crippen LogP contribution in [0.5, 0.6) is 5.75 Å². The number of thioether (sulfide) groups is 1. The number of amides is 2. The van der Waals surface area contributed by atoms with Gasteiger partial charge in [-0.1, -0.05) is 54.2 Å². The largest absolute Gasteiger partial charge is 0.497 e. The summed E-state index contributed by atoms with van der Waals surface area (Å²) in [6.07, 6.45) is 1.70. The van der Waals surface area contributed by atoms with Gasteiger partial charge in [0, 0.05) is 6.54 Å². The zero-order chi connectivity index (χ0) is 24.8. The predicted octanol–water partition coefficient (Wildman–Crippen LogP) is 5.02. The lowest BCUT2D eigenvalue weighted by Gasteiger charge is -2.20. The molecule has 0 fully saturated rings. The molecule has 0 bridgehead atoms. The van der Waals surface area contributed by atoms with Gasteiger partial charge < -0.3 is 10.1 Å². The molecule has 1 N–H and O–H groups in total. The van der Waals surface area contributed by atoms with Gasteiger partial charge in [0.1, 0.15) is 17.3 Å². The van der Waals surface area contributed by atoms with Crippen LogP contribution in [-0.4, -0.2) is 29.3 Å². The molecule has 0 saturated carbocycles. The molecule has 2 amide bonds. The molecular weight excluding hydrogens is 465 g/mol. The van der Waals surface area contributed by atoms with Gasteiger partial charge >= 0.3 is 0 Å². The molecule has 8 heteroatoms. The molecular formula is C27H24FN3O3S. The monoisotopic (exact) mass is 489 g/mol. The Bertz CT molecular complexity index is 1260. The molecule has 178 valence electrons. The fraction of sp³-hybridized carbons (Fsp3) is 0.148. The van der Waals surface area contributed by atoms with Crippen molar-refractivity contribution in [3.8, 4) is 5.75 Å². The fourth-order valence-electron chi connectivity index (χ4n) is 3.39. The van der Waals surface area contributed by atoms with Crippen molar-refractivity contribution in [3.63, 3.8) is 0 Å². The summed E-state index contributed by atoms with van der Waals surface area (Å²) in [5.74, 6) is -0.194. The molecule has 0 radical (unpaired) electrons. The Morgan fingerprint density at radius 2 is 1.77 bits per heavy atom. The van der Waals surface area contributed by atoms with Crippen LogP contribution in [0.3, 0.4) is 0 Å². The molecule has 1 aliphatic rings. The number of hydrogen-bond donors (Lipinski definition) is 1. The number of anilines is 1. The minimum absolute atomic E-state index is 0.194. The van der Waals surface area contributed by atoms with Crippen molar-refractivity contribution >= 4 is 40.5 Å². The Labute approximate surface area is 207 Å². The maximum atomic E-state index is 13.5. The number of carbonyl (C=O) groups excluding carboxylic acids is 2. The maximum Gasteiger partial charge on any atom is 0.283 e. The lowest BCUT2D eigenvalue weighted by atomic mass is 10.2. The first-order valence-electron chi connectivity index (χ1n) is 11.0. The minimum atomic E-state index is -0.529. The molecule has 35 heavy (non-hydrogen) atoms. The summed E-state index contributed by atoms with van der Waals surface area (Å²) < 4.78 is 18.7. The summed E-state index contributed by atoms with van der Waals surface area (Å²) in [6.45, 7) is 2.11. The van der Waals surface area contributed by atoms with Gasteiger partial charge in [0.25, 0.3) is 5.91 Å². The zero-order valence-corrected chi connectivity index (χ0v) is 20.1. The van der Waals surface area contributed by atoms with Crippen LogP contribution in [-0.2, 0) is 16.1 Å². The van der Waals surface area contributed by atoms with Crippen LogP contribution in [0, 0.1) is 5.82 Å². The Hall–Kier alpha value is -3.91. The number of methoxy groups -OCH3 is 1. The van der Waals surface area contributed by atoms with Gasteiger partial charge in [0.2, 0.25) is 5.91 Å². The van der Waals surface area contributed by atoms with Gasteiger partial charge in [-0.2, -0.15) is 0 Å². The number of halogens is 1. The standard InChI is InChI=1S/C27H24FN3O3S/c1-18(25(32)29-17-20-8-14-23(34-2)15-9-20)35-27-30-24(16-19-6-4-3-5-7-19)26(33)31(27)22-12-10-21(28)11-13-22/h3-16,18H,17H2,1-2H3,(H,29,32)/b24-16-. The molecule has 0 spiro atoms. The second-order valence-corrected chi connectivity index (χ2v) is 9.09. The van der Waals surface area contributed by atoms with Crippen LogP contribution in [0.15, 0.2) is 89.6 Å². The minimum Gasteiger partial charge on any atom is -0.497 e. The number of carbonyl (C=O) groups is 2. The van der Waals surface area contributed by atoms with E-state index in [2.05, 4.69) is 10.3 Å². The number of rotatable bonds is 7. The predicted molar refractivity (Wildman–Crippen MR) is 138 cm³/mol. The van der Waals surface area contributed by atoms with Crippen molar-refractivity contribution in [3.05, 3.63) is 102 Å². The highest BCUT2D eigenvalue weighted by Crippen LogP contribution is 2.31. The van der Waals surface area contributed by atoms with E-state index in [4.69, 9.17) is 4.74 Å². The van der Waals surface area contributed by atoms with Gasteiger partial charge in [-0.15, -0.1) is 0 Å². The zero-order valence-electron chi connectivity index (χ0n) is 19.3. The van der Waals surface area contributed by atoms with E-state index in [1.165, 1.54) is 40.9 Å². The first-order valence-corrected chi connectivity index (χ1v) is 11.9. The second kappa shape index (κ2) is 11.0. The van der Waals surface area contributed by atoms with E-state index in [1.54, 1.807) is 20.1 Å². The number of nitrogens with zero attached hydrogens (tertiary/aromatic N) is 2. The third-order valence-corrected chi connectivity index (χ3v) is 6.35. The van der Waals surface area contributed by atoms with E-state index in [0.717, 1.165) is 16.9 Å². The number of nitrogens with one attached hydrogen (secondary N) is 1. The van der Waals surface area contributed by atoms with E-state index >= 15 is 0 Å². The number of aliphatic imine (C=N–C) groups is 1. The summed E-state index contributed by atoms with van der Waals surface area (Å²) in [5.41, 5.74) is 2.49. The van der Waals surface area contributed by atoms with Crippen molar-refractivity contribution < 1.29 is 18.7 Å². The Morgan fingerprint density at radius 1 is 1.09 bits per heavy atom. The van der Waals surface area contributed by atoms with Crippen molar-refractivity contribution in [2.45, 2.75) is 18.7 Å². The molecule has 0 saturated heterocycles. The van der Waals surface area contributed by atoms with Crippen LogP contribution >= 0.6 is 11.8 Å². The van der Waals surface area contributed by atoms with E-state index in [9.17, 15) is 14.0 Å². The highest BCUT2D eigenvalue weighted by atomic mass is 32.2. The van der Waals surface area contributed by atoms with E-state index in [0.29, 0.717) is 17.4 Å². The molecule has 1 unspecified atom stereocenters. The van der Waals surface area contributed by atoms with E-state index in [1.807, 2.05) is 54.6 Å². The summed E-state index contributed by atoms with van der Waals surface area (Å²) in [6, 6.07) is 22.4. The molecule has 0 aliphatic carbocycles. The number of ether oxygens (including phenoxy) is 1. The lowest BCUT2D eigenvalue weighted by molar-refractivity contribution is -0.120. The van der Waals surface area contributed by atoms with Gasteiger partial charge in [-0.3, -0.25) is 14.5 Å². The van der Waals surface area contributed by atoms with Gasteiger partial charge in [-0.05, 0) is 60.5 Å². The van der Waals surface area contributed by atoms with Crippen LogP contribution in [0.25, 0.3) is 6.08 Å². The van der Waals surface area contributed by atoms with Gasteiger partial charge in [0.15, 0.2) is 5.17 Å². The van der Waals surface area contributed by atoms with Crippen molar-refractivity contribution in [2.75, 3.05) is 12.0 Å². The average molecular weight is 490 g/mol. The first-order chi connectivity index (χ1) is 16.9. The summed E-state index contributed by atoms with van der Waals surface area (Å²) in [5, 5.41) is 2.74. The Balaban J connectivity index is 1.52. The van der Waals surface area contributed by atoms with Crippen LogP contribution < -0.4 is 15.0 Å². The average Bonchev–Trinajstić information content (AvgIpc) is 3.18. The SMILES string of the molecule is COc1ccc(CNC(=O)C(C)SC2=N/C(=C\c3ccccc3)C(=O)N2c2ccc(F)cc2)cc1. The quantitative estimate of drug-likeness (QED) is 0.474. The highest BCUT2D eigenvalue weighted by Gasteiger charge is 2.34. The number of hydrogen-bond acceptors (Lipinski definition) is 5. The smallest absolute Gasteiger partial charge is 0.283 e. The maximum absolute atomic E-state index is 13.5. The van der Waals surface area contributed by atoms with Crippen molar-refractivity contribution in [1.82, 2.24) is 5.32 Å². The van der Waals surface area contributed by atoms with Gasteiger partial charge in [-0.25, -0.2) is 9.38 Å². The third kappa shape index (κ3) is 5.96. The lowest BCUT2D eigenvalue weighted by Crippen LogP contribution is -2.35. The summed E-state index contributed by atoms with van der Waals surface area (Å²) in [7, 11) is 1.60. The molecule has 0 aromatic heterocycles. The Kier molecular flexibility index (Phi) is 7.62. The fourth-order valence-corrected chi connectivity index (χ4v) is 4.34. The highest BCUT2D eigenvalue weighted by molar-refractivity contribution is 8.15. The Morgan fingerprint density at radius 3 is 2.43 bits per heavy atom. The number of benzene rings is 3. The molecule has 3 aromatic carbocycles. The van der Waals surface area contributed by atoms with Gasteiger partial charge in [0.05, 0.1) is 18.0 Å². The molecule has 1 heterocycles. The van der Waals surface area contributed by atoms with Crippen molar-refractivity contribution in [2.24, 2.45) is 4.99 Å². The third-order valence-electron chi connectivity index (χ3n) is 5.29. The number of amidine groups is 1. The molecule has 3 aromatic rings. The van der Waals surface area contributed by atoms with Crippen LogP contribution in [0.4, 0.5) is 10.1 Å². The van der Waals surface area contributed by atoms with E-state index in [-0.39, 0.29) is 17.5 Å². The molecule has 1 aliphatic heterocycles. The van der Waals surface area contributed by atoms with Crippen LogP contribution in [0.1, 0.15) is 18.1 Å². The topological polar surface area (TPSA) is 71.0 Å². The van der Waals surface area contributed by atoms with Crippen LogP contribution in [0.2, 0.25) is 0 Å². The molecule has 4 rings (SSSR count). The second-order valence-electron chi connectivity index (χ2n) is 7.78. The molecule has 6 nitrogen and oxygen atoms in total. The van der Waals surface area contributed by atoms with Crippen molar-refractivity contribution in [1.29, 1.82) is 0 Å². The van der Waals surface area contributed by atoms with E-state index < -0.39 is 11.1 Å². The normalized spacial score (nSPS) is 15.2. The summed E-state index contributed by atoms with van der Waals surface area (Å²) >= 11 is 1.17. The molecule has 1 atom stereocenters.